The van der Waals surface area contributed by atoms with Crippen molar-refractivity contribution >= 4 is 23.4 Å². The quantitative estimate of drug-likeness (QED) is 0.361. The molecule has 1 aromatic rings. The minimum Gasteiger partial charge on any atom is -0.466 e. The molecule has 0 aromatic carbocycles. The van der Waals surface area contributed by atoms with Gasteiger partial charge < -0.3 is 14.9 Å². The van der Waals surface area contributed by atoms with Crippen molar-refractivity contribution in [2.24, 2.45) is 0 Å². The molecule has 19 heavy (non-hydrogen) atoms. The number of aromatic nitrogens is 1. The summed E-state index contributed by atoms with van der Waals surface area (Å²) < 4.78 is 30.0. The Morgan fingerprint density at radius 1 is 1.63 bits per heavy atom. The molecule has 0 N–H and O–H groups in total. The van der Waals surface area contributed by atoms with Crippen LogP contribution in [-0.4, -0.2) is 22.5 Å². The molecule has 0 amide bonds. The Morgan fingerprint density at radius 2 is 2.26 bits per heavy atom. The number of hydrogen-bond donors (Lipinski definition) is 0. The van der Waals surface area contributed by atoms with E-state index in [0.717, 1.165) is 6.07 Å². The molecule has 0 saturated carbocycles. The van der Waals surface area contributed by atoms with Crippen LogP contribution in [0.25, 0.3) is 0 Å². The van der Waals surface area contributed by atoms with Crippen molar-refractivity contribution in [3.8, 4) is 0 Å². The van der Waals surface area contributed by atoms with Crippen LogP contribution in [0, 0.1) is 10.1 Å². The van der Waals surface area contributed by atoms with Crippen molar-refractivity contribution in [3.05, 3.63) is 32.5 Å². The standard InChI is InChI=1S/C10H9ClF2N2O4/c1-2-19-7(16)4-5-3-6(9(12)13)10(15(17)18)14-8(5)11/h3,9H,2,4H2,1H3. The van der Waals surface area contributed by atoms with E-state index in [9.17, 15) is 23.7 Å². The fraction of sp³-hybridized carbons (Fsp3) is 0.400. The maximum atomic E-state index is 12.7. The molecule has 6 nitrogen and oxygen atoms in total. The molecule has 1 aromatic heterocycles. The number of carbonyl (C=O) groups is 1. The van der Waals surface area contributed by atoms with Crippen LogP contribution in [0.2, 0.25) is 5.15 Å². The average Bonchev–Trinajstić information content (AvgIpc) is 2.31. The van der Waals surface area contributed by atoms with E-state index in [4.69, 9.17) is 11.6 Å². The maximum Gasteiger partial charge on any atom is 0.374 e. The molecule has 0 fully saturated rings. The first kappa shape index (κ1) is 15.2. The van der Waals surface area contributed by atoms with Crippen molar-refractivity contribution in [2.45, 2.75) is 19.8 Å². The molecule has 0 aliphatic rings. The summed E-state index contributed by atoms with van der Waals surface area (Å²) in [6.07, 6.45) is -3.47. The number of esters is 1. The lowest BCUT2D eigenvalue weighted by Crippen LogP contribution is -2.10. The predicted molar refractivity (Wildman–Crippen MR) is 61.2 cm³/mol. The summed E-state index contributed by atoms with van der Waals surface area (Å²) in [5, 5.41) is 10.2. The molecule has 0 unspecified atom stereocenters. The summed E-state index contributed by atoms with van der Waals surface area (Å²) in [6, 6.07) is 0.801. The van der Waals surface area contributed by atoms with Gasteiger partial charge in [0.15, 0.2) is 0 Å². The summed E-state index contributed by atoms with van der Waals surface area (Å²) >= 11 is 5.63. The molecule has 0 spiro atoms. The zero-order valence-corrected chi connectivity index (χ0v) is 10.5. The Balaban J connectivity index is 3.17. The SMILES string of the molecule is CCOC(=O)Cc1cc(C(F)F)c([N+](=O)[O-])nc1Cl. The van der Waals surface area contributed by atoms with Crippen LogP contribution in [0.1, 0.15) is 24.5 Å². The van der Waals surface area contributed by atoms with Crippen LogP contribution in [-0.2, 0) is 16.0 Å². The highest BCUT2D eigenvalue weighted by Crippen LogP contribution is 2.31. The average molecular weight is 295 g/mol. The van der Waals surface area contributed by atoms with E-state index >= 15 is 0 Å². The van der Waals surface area contributed by atoms with Crippen molar-refractivity contribution in [1.82, 2.24) is 4.98 Å². The smallest absolute Gasteiger partial charge is 0.374 e. The molecule has 1 rings (SSSR count). The molecule has 0 aliphatic carbocycles. The predicted octanol–water partition coefficient (Wildman–Crippen LogP) is 2.69. The largest absolute Gasteiger partial charge is 0.466 e. The third-order valence-corrected chi connectivity index (χ3v) is 2.43. The maximum absolute atomic E-state index is 12.7. The molecule has 0 atom stereocenters. The van der Waals surface area contributed by atoms with Gasteiger partial charge in [-0.3, -0.25) is 4.79 Å². The van der Waals surface area contributed by atoms with Crippen molar-refractivity contribution < 1.29 is 23.2 Å². The van der Waals surface area contributed by atoms with Gasteiger partial charge in [-0.25, -0.2) is 8.78 Å². The lowest BCUT2D eigenvalue weighted by Gasteiger charge is -2.06. The lowest BCUT2D eigenvalue weighted by atomic mass is 10.1. The molecule has 0 aliphatic heterocycles. The molecule has 1 heterocycles. The first-order valence-electron chi connectivity index (χ1n) is 5.14. The van der Waals surface area contributed by atoms with Gasteiger partial charge >= 0.3 is 11.8 Å². The van der Waals surface area contributed by atoms with Crippen LogP contribution in [0.3, 0.4) is 0 Å². The first-order chi connectivity index (χ1) is 8.86. The van der Waals surface area contributed by atoms with Crippen LogP contribution >= 0.6 is 11.6 Å². The molecule has 0 radical (unpaired) electrons. The lowest BCUT2D eigenvalue weighted by molar-refractivity contribution is -0.391. The minimum absolute atomic E-state index is 0.0407. The molecule has 0 bridgehead atoms. The Bertz CT molecular complexity index is 511. The van der Waals surface area contributed by atoms with Crippen LogP contribution in [0.4, 0.5) is 14.6 Å². The van der Waals surface area contributed by atoms with Gasteiger partial charge in [-0.2, -0.15) is 0 Å². The van der Waals surface area contributed by atoms with Crippen LogP contribution < -0.4 is 0 Å². The van der Waals surface area contributed by atoms with E-state index in [1.165, 1.54) is 0 Å². The second-order valence-corrected chi connectivity index (χ2v) is 3.75. The van der Waals surface area contributed by atoms with Gasteiger partial charge in [-0.15, -0.1) is 0 Å². The monoisotopic (exact) mass is 294 g/mol. The Kier molecular flexibility index (Phi) is 5.11. The minimum atomic E-state index is -3.09. The number of halogens is 3. The van der Waals surface area contributed by atoms with Crippen LogP contribution in [0.15, 0.2) is 6.07 Å². The number of rotatable bonds is 5. The molecule has 104 valence electrons. The molecular formula is C10H9ClF2N2O4. The van der Waals surface area contributed by atoms with Crippen LogP contribution in [0.5, 0.6) is 0 Å². The van der Waals surface area contributed by atoms with Crippen molar-refractivity contribution in [1.29, 1.82) is 0 Å². The first-order valence-corrected chi connectivity index (χ1v) is 5.52. The zero-order valence-electron chi connectivity index (χ0n) is 9.73. The number of carbonyl (C=O) groups excluding carboxylic acids is 1. The van der Waals surface area contributed by atoms with E-state index in [-0.39, 0.29) is 23.7 Å². The number of ether oxygens (including phenoxy) is 1. The van der Waals surface area contributed by atoms with Gasteiger partial charge in [0.05, 0.1) is 13.0 Å². The van der Waals surface area contributed by atoms with Gasteiger partial charge in [-0.05, 0) is 34.5 Å². The van der Waals surface area contributed by atoms with Gasteiger partial charge in [0.1, 0.15) is 5.56 Å². The van der Waals surface area contributed by atoms with Gasteiger partial charge in [0, 0.05) is 5.56 Å². The summed E-state index contributed by atoms with van der Waals surface area (Å²) in [5.41, 5.74) is -0.922. The fourth-order valence-electron chi connectivity index (χ4n) is 1.34. The van der Waals surface area contributed by atoms with E-state index in [1.54, 1.807) is 6.92 Å². The zero-order chi connectivity index (χ0) is 14.6. The highest BCUT2D eigenvalue weighted by atomic mass is 35.5. The Labute approximate surface area is 111 Å². The summed E-state index contributed by atoms with van der Waals surface area (Å²) in [4.78, 5) is 24.0. The second kappa shape index (κ2) is 6.37. The highest BCUT2D eigenvalue weighted by molar-refractivity contribution is 6.30. The number of alkyl halides is 2. The topological polar surface area (TPSA) is 82.3 Å². The molecule has 9 heteroatoms. The second-order valence-electron chi connectivity index (χ2n) is 3.39. The van der Waals surface area contributed by atoms with Crippen molar-refractivity contribution in [2.75, 3.05) is 6.61 Å². The summed E-state index contributed by atoms with van der Waals surface area (Å²) in [5.74, 6) is -1.70. The third kappa shape index (κ3) is 3.82. The van der Waals surface area contributed by atoms with E-state index in [2.05, 4.69) is 9.72 Å². The van der Waals surface area contributed by atoms with E-state index in [0.29, 0.717) is 0 Å². The summed E-state index contributed by atoms with van der Waals surface area (Å²) in [7, 11) is 0. The molecule has 0 saturated heterocycles. The fourth-order valence-corrected chi connectivity index (χ4v) is 1.54. The number of nitro groups is 1. The van der Waals surface area contributed by atoms with Gasteiger partial charge in [0.25, 0.3) is 6.43 Å². The summed E-state index contributed by atoms with van der Waals surface area (Å²) in [6.45, 7) is 1.71. The number of nitrogens with zero attached hydrogens (tertiary/aromatic N) is 2. The van der Waals surface area contributed by atoms with Gasteiger partial charge in [-0.1, -0.05) is 0 Å². The highest BCUT2D eigenvalue weighted by Gasteiger charge is 2.27. The Hall–Kier alpha value is -1.83. The normalized spacial score (nSPS) is 10.6. The van der Waals surface area contributed by atoms with E-state index in [1.807, 2.05) is 0 Å². The Morgan fingerprint density at radius 3 is 2.74 bits per heavy atom. The van der Waals surface area contributed by atoms with E-state index < -0.39 is 28.7 Å². The third-order valence-electron chi connectivity index (χ3n) is 2.11. The molecular weight excluding hydrogens is 286 g/mol. The number of pyridine rings is 1. The van der Waals surface area contributed by atoms with Gasteiger partial charge in [0.2, 0.25) is 5.15 Å². The number of hydrogen-bond acceptors (Lipinski definition) is 5. The van der Waals surface area contributed by atoms with Crippen molar-refractivity contribution in [3.63, 3.8) is 0 Å².